The Morgan fingerprint density at radius 1 is 0.739 bits per heavy atom. The standard InChI is InChI=1S/C21H18O2/c1-16(22)23-20-15-9-8-14-19(20)21(17-10-4-2-5-11-17)18-12-6-3-7-13-18/h2-15,21H,1H3. The van der Waals surface area contributed by atoms with Crippen LogP contribution in [0.25, 0.3) is 0 Å². The predicted molar refractivity (Wildman–Crippen MR) is 91.6 cm³/mol. The average Bonchev–Trinajstić information content (AvgIpc) is 2.58. The van der Waals surface area contributed by atoms with Crippen molar-refractivity contribution in [2.45, 2.75) is 12.8 Å². The van der Waals surface area contributed by atoms with Crippen LogP contribution < -0.4 is 4.74 Å². The van der Waals surface area contributed by atoms with Crippen LogP contribution >= 0.6 is 0 Å². The molecule has 0 fully saturated rings. The number of benzene rings is 3. The van der Waals surface area contributed by atoms with Gasteiger partial charge in [-0.1, -0.05) is 78.9 Å². The highest BCUT2D eigenvalue weighted by molar-refractivity contribution is 5.70. The van der Waals surface area contributed by atoms with Crippen LogP contribution in [0.5, 0.6) is 5.75 Å². The van der Waals surface area contributed by atoms with Crippen molar-refractivity contribution in [3.8, 4) is 5.75 Å². The molecule has 0 aliphatic heterocycles. The molecule has 0 aliphatic rings. The Bertz CT molecular complexity index is 740. The van der Waals surface area contributed by atoms with Crippen LogP contribution in [-0.4, -0.2) is 5.97 Å². The summed E-state index contributed by atoms with van der Waals surface area (Å²) in [6.45, 7) is 1.43. The third kappa shape index (κ3) is 3.49. The van der Waals surface area contributed by atoms with Gasteiger partial charge in [-0.25, -0.2) is 0 Å². The largest absolute Gasteiger partial charge is 0.426 e. The lowest BCUT2D eigenvalue weighted by molar-refractivity contribution is -0.131. The Labute approximate surface area is 136 Å². The summed E-state index contributed by atoms with van der Waals surface area (Å²) in [5, 5.41) is 0. The molecule has 2 nitrogen and oxygen atoms in total. The molecule has 23 heavy (non-hydrogen) atoms. The number of hydrogen-bond donors (Lipinski definition) is 0. The third-order valence-electron chi connectivity index (χ3n) is 3.75. The topological polar surface area (TPSA) is 26.3 Å². The molecule has 0 heterocycles. The maximum atomic E-state index is 11.4. The molecule has 0 unspecified atom stereocenters. The second kappa shape index (κ2) is 6.93. The highest BCUT2D eigenvalue weighted by atomic mass is 16.5. The van der Waals surface area contributed by atoms with E-state index in [1.165, 1.54) is 18.1 Å². The molecule has 0 atom stereocenters. The molecule has 0 bridgehead atoms. The number of hydrogen-bond acceptors (Lipinski definition) is 2. The summed E-state index contributed by atoms with van der Waals surface area (Å²) in [4.78, 5) is 11.4. The second-order valence-electron chi connectivity index (χ2n) is 5.39. The van der Waals surface area contributed by atoms with E-state index in [4.69, 9.17) is 4.74 Å². The fourth-order valence-electron chi connectivity index (χ4n) is 2.81. The van der Waals surface area contributed by atoms with E-state index >= 15 is 0 Å². The Morgan fingerprint density at radius 2 is 1.22 bits per heavy atom. The first-order valence-electron chi connectivity index (χ1n) is 7.63. The maximum absolute atomic E-state index is 11.4. The van der Waals surface area contributed by atoms with Gasteiger partial charge in [0.2, 0.25) is 0 Å². The summed E-state index contributed by atoms with van der Waals surface area (Å²) in [5.74, 6) is 0.322. The molecule has 0 N–H and O–H groups in total. The zero-order valence-electron chi connectivity index (χ0n) is 13.0. The average molecular weight is 302 g/mol. The van der Waals surface area contributed by atoms with Gasteiger partial charge in [0.15, 0.2) is 0 Å². The van der Waals surface area contributed by atoms with Crippen molar-refractivity contribution in [2.75, 3.05) is 0 Å². The Kier molecular flexibility index (Phi) is 4.53. The van der Waals surface area contributed by atoms with Crippen molar-refractivity contribution in [1.82, 2.24) is 0 Å². The first kappa shape index (κ1) is 15.0. The number of esters is 1. The van der Waals surface area contributed by atoms with Gasteiger partial charge in [-0.05, 0) is 17.2 Å². The van der Waals surface area contributed by atoms with Crippen molar-refractivity contribution in [3.63, 3.8) is 0 Å². The minimum Gasteiger partial charge on any atom is -0.426 e. The van der Waals surface area contributed by atoms with E-state index in [-0.39, 0.29) is 11.9 Å². The minimum absolute atomic E-state index is 0.0212. The van der Waals surface area contributed by atoms with Gasteiger partial charge in [0.25, 0.3) is 0 Å². The molecular formula is C21H18O2. The number of carbonyl (C=O) groups excluding carboxylic acids is 1. The van der Waals surface area contributed by atoms with Crippen LogP contribution in [0.3, 0.4) is 0 Å². The monoisotopic (exact) mass is 302 g/mol. The van der Waals surface area contributed by atoms with E-state index in [9.17, 15) is 4.79 Å². The van der Waals surface area contributed by atoms with E-state index in [2.05, 4.69) is 24.3 Å². The molecule has 0 aliphatic carbocycles. The summed E-state index contributed by atoms with van der Waals surface area (Å²) >= 11 is 0. The molecule has 0 saturated carbocycles. The number of ether oxygens (including phenoxy) is 1. The molecule has 0 spiro atoms. The van der Waals surface area contributed by atoms with Gasteiger partial charge in [-0.2, -0.15) is 0 Å². The third-order valence-corrected chi connectivity index (χ3v) is 3.75. The van der Waals surface area contributed by atoms with Crippen LogP contribution in [0.2, 0.25) is 0 Å². The summed E-state index contributed by atoms with van der Waals surface area (Å²) < 4.78 is 5.43. The lowest BCUT2D eigenvalue weighted by atomic mass is 9.85. The smallest absolute Gasteiger partial charge is 0.308 e. The summed E-state index contributed by atoms with van der Waals surface area (Å²) in [7, 11) is 0. The van der Waals surface area contributed by atoms with Gasteiger partial charge in [0.1, 0.15) is 5.75 Å². The van der Waals surface area contributed by atoms with Crippen molar-refractivity contribution < 1.29 is 9.53 Å². The van der Waals surface area contributed by atoms with Gasteiger partial charge in [-0.15, -0.1) is 0 Å². The molecular weight excluding hydrogens is 284 g/mol. The molecule has 0 aromatic heterocycles. The van der Waals surface area contributed by atoms with Crippen molar-refractivity contribution in [3.05, 3.63) is 102 Å². The molecule has 0 saturated heterocycles. The normalized spacial score (nSPS) is 10.5. The zero-order valence-corrected chi connectivity index (χ0v) is 13.0. The van der Waals surface area contributed by atoms with Gasteiger partial charge in [-0.3, -0.25) is 4.79 Å². The molecule has 114 valence electrons. The van der Waals surface area contributed by atoms with Crippen LogP contribution in [-0.2, 0) is 4.79 Å². The highest BCUT2D eigenvalue weighted by Crippen LogP contribution is 2.37. The SMILES string of the molecule is CC(=O)Oc1ccccc1C(c1ccccc1)c1ccccc1. The fraction of sp³-hybridized carbons (Fsp3) is 0.0952. The number of carbonyl (C=O) groups is 1. The van der Waals surface area contributed by atoms with Gasteiger partial charge >= 0.3 is 5.97 Å². The molecule has 2 heteroatoms. The molecule has 3 aromatic rings. The highest BCUT2D eigenvalue weighted by Gasteiger charge is 2.20. The lowest BCUT2D eigenvalue weighted by Crippen LogP contribution is -2.09. The number of rotatable bonds is 4. The quantitative estimate of drug-likeness (QED) is 0.393. The summed E-state index contributed by atoms with van der Waals surface area (Å²) in [6, 6.07) is 28.2. The van der Waals surface area contributed by atoms with Crippen LogP contribution in [0.4, 0.5) is 0 Å². The Morgan fingerprint density at radius 3 is 1.74 bits per heavy atom. The van der Waals surface area contributed by atoms with Crippen LogP contribution in [0, 0.1) is 0 Å². The van der Waals surface area contributed by atoms with E-state index in [0.29, 0.717) is 5.75 Å². The van der Waals surface area contributed by atoms with E-state index < -0.39 is 0 Å². The summed E-state index contributed by atoms with van der Waals surface area (Å²) in [6.07, 6.45) is 0. The van der Waals surface area contributed by atoms with E-state index in [0.717, 1.165) is 5.56 Å². The maximum Gasteiger partial charge on any atom is 0.308 e. The Balaban J connectivity index is 2.15. The van der Waals surface area contributed by atoms with E-state index in [1.807, 2.05) is 60.7 Å². The van der Waals surface area contributed by atoms with Gasteiger partial charge in [0, 0.05) is 18.4 Å². The summed E-state index contributed by atoms with van der Waals surface area (Å²) in [5.41, 5.74) is 3.32. The van der Waals surface area contributed by atoms with Crippen molar-refractivity contribution in [2.24, 2.45) is 0 Å². The van der Waals surface area contributed by atoms with Crippen LogP contribution in [0.1, 0.15) is 29.5 Å². The molecule has 0 radical (unpaired) electrons. The predicted octanol–water partition coefficient (Wildman–Crippen LogP) is 4.79. The minimum atomic E-state index is -0.308. The van der Waals surface area contributed by atoms with Gasteiger partial charge in [0.05, 0.1) is 0 Å². The van der Waals surface area contributed by atoms with Crippen molar-refractivity contribution >= 4 is 5.97 Å². The van der Waals surface area contributed by atoms with Crippen LogP contribution in [0.15, 0.2) is 84.9 Å². The molecule has 3 aromatic carbocycles. The molecule has 3 rings (SSSR count). The van der Waals surface area contributed by atoms with Gasteiger partial charge < -0.3 is 4.74 Å². The Hall–Kier alpha value is -2.87. The molecule has 0 amide bonds. The zero-order chi connectivity index (χ0) is 16.1. The van der Waals surface area contributed by atoms with E-state index in [1.54, 1.807) is 0 Å². The fourth-order valence-corrected chi connectivity index (χ4v) is 2.81. The second-order valence-corrected chi connectivity index (χ2v) is 5.39. The van der Waals surface area contributed by atoms with Crippen molar-refractivity contribution in [1.29, 1.82) is 0 Å². The first-order valence-corrected chi connectivity index (χ1v) is 7.63. The first-order chi connectivity index (χ1) is 11.3. The lowest BCUT2D eigenvalue weighted by Gasteiger charge is -2.21. The number of para-hydroxylation sites is 1.